The third-order valence-electron chi connectivity index (χ3n) is 2.75. The fourth-order valence-electron chi connectivity index (χ4n) is 1.95. The van der Waals surface area contributed by atoms with E-state index in [2.05, 4.69) is 0 Å². The predicted octanol–water partition coefficient (Wildman–Crippen LogP) is 1.64. The first-order valence-corrected chi connectivity index (χ1v) is 6.17. The van der Waals surface area contributed by atoms with Gasteiger partial charge in [0, 0.05) is 12.0 Å². The van der Waals surface area contributed by atoms with E-state index >= 15 is 0 Å². The molecule has 1 aliphatic heterocycles. The Kier molecular flexibility index (Phi) is 3.41. The molecule has 104 valence electrons. The van der Waals surface area contributed by atoms with Crippen molar-refractivity contribution in [1.29, 1.82) is 0 Å². The van der Waals surface area contributed by atoms with Crippen molar-refractivity contribution in [3.05, 3.63) is 23.3 Å². The van der Waals surface area contributed by atoms with Crippen molar-refractivity contribution < 1.29 is 24.5 Å². The van der Waals surface area contributed by atoms with Gasteiger partial charge in [-0.3, -0.25) is 0 Å². The number of carbonyl (C=O) groups excluding carboxylic acids is 1. The molecule has 19 heavy (non-hydrogen) atoms. The molecular formula is C14H18O5. The summed E-state index contributed by atoms with van der Waals surface area (Å²) in [6.07, 6.45) is 0.0708. The molecule has 0 amide bonds. The molecule has 0 unspecified atom stereocenters. The van der Waals surface area contributed by atoms with Crippen molar-refractivity contribution in [3.63, 3.8) is 0 Å². The van der Waals surface area contributed by atoms with E-state index in [1.807, 2.05) is 0 Å². The number of fused-ring (bicyclic) bond motifs is 1. The minimum Gasteiger partial charge on any atom is -0.508 e. The lowest BCUT2D eigenvalue weighted by molar-refractivity contribution is 0.00686. The molecule has 0 bridgehead atoms. The third-order valence-corrected chi connectivity index (χ3v) is 2.75. The summed E-state index contributed by atoms with van der Waals surface area (Å²) in [4.78, 5) is 11.9. The summed E-state index contributed by atoms with van der Waals surface area (Å²) in [5, 5.41) is 19.0. The van der Waals surface area contributed by atoms with Gasteiger partial charge in [0.25, 0.3) is 0 Å². The highest BCUT2D eigenvalue weighted by Crippen LogP contribution is 2.37. The van der Waals surface area contributed by atoms with Gasteiger partial charge < -0.3 is 19.7 Å². The third kappa shape index (κ3) is 2.98. The van der Waals surface area contributed by atoms with Crippen LogP contribution < -0.4 is 4.74 Å². The zero-order valence-corrected chi connectivity index (χ0v) is 11.3. The average molecular weight is 266 g/mol. The van der Waals surface area contributed by atoms with Crippen molar-refractivity contribution in [2.24, 2.45) is 0 Å². The maximum atomic E-state index is 11.9. The van der Waals surface area contributed by atoms with Crippen LogP contribution in [0.25, 0.3) is 0 Å². The predicted molar refractivity (Wildman–Crippen MR) is 68.5 cm³/mol. The second-order valence-electron chi connectivity index (χ2n) is 5.60. The highest BCUT2D eigenvalue weighted by molar-refractivity contribution is 5.91. The van der Waals surface area contributed by atoms with Crippen LogP contribution in [-0.4, -0.2) is 34.5 Å². The molecule has 0 saturated heterocycles. The Morgan fingerprint density at radius 1 is 1.47 bits per heavy atom. The monoisotopic (exact) mass is 266 g/mol. The molecule has 5 heteroatoms. The first-order valence-electron chi connectivity index (χ1n) is 6.17. The molecular weight excluding hydrogens is 248 g/mol. The van der Waals surface area contributed by atoms with Gasteiger partial charge in [0.2, 0.25) is 0 Å². The number of phenols is 1. The second-order valence-corrected chi connectivity index (χ2v) is 5.60. The number of ether oxygens (including phenoxy) is 2. The van der Waals surface area contributed by atoms with E-state index in [0.29, 0.717) is 17.7 Å². The summed E-state index contributed by atoms with van der Waals surface area (Å²) < 4.78 is 10.7. The molecule has 0 saturated carbocycles. The number of benzene rings is 1. The van der Waals surface area contributed by atoms with E-state index in [0.717, 1.165) is 0 Å². The molecule has 2 rings (SSSR count). The quantitative estimate of drug-likeness (QED) is 0.796. The molecule has 1 aliphatic rings. The Morgan fingerprint density at radius 2 is 2.16 bits per heavy atom. The lowest BCUT2D eigenvalue weighted by atomic mass is 10.1. The molecule has 5 nitrogen and oxygen atoms in total. The molecule has 0 aromatic heterocycles. The first kappa shape index (κ1) is 13.7. The highest BCUT2D eigenvalue weighted by Gasteiger charge is 2.28. The molecule has 0 spiro atoms. The molecule has 1 heterocycles. The van der Waals surface area contributed by atoms with Gasteiger partial charge >= 0.3 is 5.97 Å². The van der Waals surface area contributed by atoms with Gasteiger partial charge in [-0.15, -0.1) is 0 Å². The van der Waals surface area contributed by atoms with Crippen LogP contribution in [0, 0.1) is 0 Å². The van der Waals surface area contributed by atoms with Crippen LogP contribution in [0.2, 0.25) is 0 Å². The number of hydrogen-bond acceptors (Lipinski definition) is 5. The zero-order chi connectivity index (χ0) is 14.2. The summed E-state index contributed by atoms with van der Waals surface area (Å²) in [6, 6.07) is 2.91. The van der Waals surface area contributed by atoms with Crippen LogP contribution in [0.5, 0.6) is 11.5 Å². The van der Waals surface area contributed by atoms with Crippen LogP contribution in [0.15, 0.2) is 12.1 Å². The van der Waals surface area contributed by atoms with Crippen LogP contribution in [-0.2, 0) is 11.2 Å². The Morgan fingerprint density at radius 3 is 2.74 bits per heavy atom. The Balaban J connectivity index is 2.27. The minimum absolute atomic E-state index is 0.00527. The first-order chi connectivity index (χ1) is 8.80. The lowest BCUT2D eigenvalue weighted by Gasteiger charge is -2.19. The fraction of sp³-hybridized carbons (Fsp3) is 0.500. The van der Waals surface area contributed by atoms with E-state index in [-0.39, 0.29) is 24.0 Å². The molecule has 0 fully saturated rings. The standard InChI is InChI=1S/C14H18O5/c1-14(2,3)19-13(17)8-4-11(16)10-6-9(7-15)18-12(10)5-8/h4-5,9,15-16H,6-7H2,1-3H3/t9-/m1/s1. The molecule has 0 radical (unpaired) electrons. The van der Waals surface area contributed by atoms with Gasteiger partial charge in [0.15, 0.2) is 0 Å². The van der Waals surface area contributed by atoms with E-state index in [1.165, 1.54) is 6.07 Å². The summed E-state index contributed by atoms with van der Waals surface area (Å²) in [5.41, 5.74) is 0.261. The smallest absolute Gasteiger partial charge is 0.338 e. The molecule has 1 aromatic carbocycles. The average Bonchev–Trinajstić information content (AvgIpc) is 2.70. The van der Waals surface area contributed by atoms with Gasteiger partial charge in [0.05, 0.1) is 12.2 Å². The topological polar surface area (TPSA) is 76.0 Å². The largest absolute Gasteiger partial charge is 0.508 e. The zero-order valence-electron chi connectivity index (χ0n) is 11.3. The number of carbonyl (C=O) groups is 1. The van der Waals surface area contributed by atoms with Gasteiger partial charge in [0.1, 0.15) is 23.2 Å². The maximum absolute atomic E-state index is 11.9. The second kappa shape index (κ2) is 4.74. The van der Waals surface area contributed by atoms with Crippen molar-refractivity contribution in [3.8, 4) is 11.5 Å². The van der Waals surface area contributed by atoms with Gasteiger partial charge in [-0.2, -0.15) is 0 Å². The van der Waals surface area contributed by atoms with E-state index in [4.69, 9.17) is 14.6 Å². The Bertz CT molecular complexity index is 501. The molecule has 0 aliphatic carbocycles. The maximum Gasteiger partial charge on any atom is 0.338 e. The Hall–Kier alpha value is -1.75. The summed E-state index contributed by atoms with van der Waals surface area (Å²) in [7, 11) is 0. The highest BCUT2D eigenvalue weighted by atomic mass is 16.6. The van der Waals surface area contributed by atoms with Crippen LogP contribution in [0.4, 0.5) is 0 Å². The number of aromatic hydroxyl groups is 1. The number of phenolic OH excluding ortho intramolecular Hbond substituents is 1. The van der Waals surface area contributed by atoms with Crippen LogP contribution in [0.1, 0.15) is 36.7 Å². The van der Waals surface area contributed by atoms with Crippen molar-refractivity contribution in [2.75, 3.05) is 6.61 Å². The van der Waals surface area contributed by atoms with Crippen LogP contribution in [0.3, 0.4) is 0 Å². The van der Waals surface area contributed by atoms with Crippen LogP contribution >= 0.6 is 0 Å². The lowest BCUT2D eigenvalue weighted by Crippen LogP contribution is -2.23. The van der Waals surface area contributed by atoms with Crippen molar-refractivity contribution in [2.45, 2.75) is 38.9 Å². The molecule has 1 atom stereocenters. The van der Waals surface area contributed by atoms with Crippen molar-refractivity contribution in [1.82, 2.24) is 0 Å². The van der Waals surface area contributed by atoms with E-state index in [1.54, 1.807) is 26.8 Å². The number of rotatable bonds is 2. The van der Waals surface area contributed by atoms with Crippen molar-refractivity contribution >= 4 is 5.97 Å². The van der Waals surface area contributed by atoms with Gasteiger partial charge in [-0.05, 0) is 32.9 Å². The summed E-state index contributed by atoms with van der Waals surface area (Å²) >= 11 is 0. The number of hydrogen-bond donors (Lipinski definition) is 2. The van der Waals surface area contributed by atoms with E-state index < -0.39 is 11.6 Å². The number of aliphatic hydroxyl groups is 1. The normalized spacial score (nSPS) is 17.8. The summed E-state index contributed by atoms with van der Waals surface area (Å²) in [6.45, 7) is 5.19. The number of aliphatic hydroxyl groups excluding tert-OH is 1. The fourth-order valence-corrected chi connectivity index (χ4v) is 1.95. The Labute approximate surface area is 111 Å². The van der Waals surface area contributed by atoms with Gasteiger partial charge in [-0.25, -0.2) is 4.79 Å². The summed E-state index contributed by atoms with van der Waals surface area (Å²) in [5.74, 6) is -0.0872. The molecule has 1 aromatic rings. The SMILES string of the molecule is CC(C)(C)OC(=O)c1cc(O)c2c(c1)O[C@@H](CO)C2. The van der Waals surface area contributed by atoms with Gasteiger partial charge in [-0.1, -0.05) is 0 Å². The molecule has 2 N–H and O–H groups in total. The van der Waals surface area contributed by atoms with E-state index in [9.17, 15) is 9.90 Å². The minimum atomic E-state index is -0.597. The number of esters is 1.